The van der Waals surface area contributed by atoms with Gasteiger partial charge in [-0.3, -0.25) is 0 Å². The van der Waals surface area contributed by atoms with E-state index in [-0.39, 0.29) is 29.3 Å². The van der Waals surface area contributed by atoms with Crippen LogP contribution in [-0.4, -0.2) is 75.4 Å². The average Bonchev–Trinajstić information content (AvgIpc) is 0.772. The summed E-state index contributed by atoms with van der Waals surface area (Å²) in [4.78, 5) is 75.6. The Kier molecular flexibility index (Phi) is 20.5. The molecule has 12 aromatic rings. The highest BCUT2D eigenvalue weighted by molar-refractivity contribution is 6.05. The van der Waals surface area contributed by atoms with Crippen molar-refractivity contribution in [3.8, 4) is 73.2 Å². The van der Waals surface area contributed by atoms with Gasteiger partial charge in [0.05, 0.1) is 44.7 Å². The first-order valence-corrected chi connectivity index (χ1v) is 34.5. The van der Waals surface area contributed by atoms with Gasteiger partial charge in [-0.2, -0.15) is 5.26 Å². The second-order valence-corrected chi connectivity index (χ2v) is 28.5. The third-order valence-electron chi connectivity index (χ3n) is 19.3. The van der Waals surface area contributed by atoms with E-state index in [0.717, 1.165) is 146 Å². The number of hydrogen-bond acceptors (Lipinski definition) is 14. The van der Waals surface area contributed by atoms with Gasteiger partial charge in [0.25, 0.3) is 0 Å². The highest BCUT2D eigenvalue weighted by atomic mass is 35.5. The molecule has 15 rings (SSSR count). The minimum atomic E-state index is -1.09. The number of nitriles is 1. The van der Waals surface area contributed by atoms with Crippen molar-refractivity contribution in [3.05, 3.63) is 253 Å². The first-order chi connectivity index (χ1) is 49.5. The van der Waals surface area contributed by atoms with Gasteiger partial charge >= 0.3 is 24.1 Å². The fraction of sp³-hybridized carbons (Fsp3) is 0.235. The van der Waals surface area contributed by atoms with Crippen LogP contribution >= 0.6 is 12.4 Å². The molecule has 0 unspecified atom stereocenters. The number of ether oxygens (including phenoxy) is 2. The van der Waals surface area contributed by atoms with Gasteiger partial charge in [0.15, 0.2) is 11.4 Å². The molecule has 3 aliphatic carbocycles. The summed E-state index contributed by atoms with van der Waals surface area (Å²) >= 11 is 0. The number of aromatic carboxylic acids is 2. The summed E-state index contributed by atoms with van der Waals surface area (Å²) in [5.41, 5.74) is 20.5. The van der Waals surface area contributed by atoms with Gasteiger partial charge in [-0.25, -0.2) is 49.1 Å². The molecular weight excluding hydrogens is 1320 g/mol. The van der Waals surface area contributed by atoms with E-state index >= 15 is 0 Å². The van der Waals surface area contributed by atoms with Crippen molar-refractivity contribution in [2.75, 3.05) is 0 Å². The molecule has 6 N–H and O–H groups in total. The van der Waals surface area contributed by atoms with Crippen LogP contribution in [0, 0.1) is 11.3 Å². The van der Waals surface area contributed by atoms with Crippen LogP contribution in [0.2, 0.25) is 0 Å². The number of hydrogen-bond donors (Lipinski definition) is 5. The Balaban J connectivity index is 0.000000147. The van der Waals surface area contributed by atoms with Gasteiger partial charge in [-0.15, -0.1) is 12.4 Å². The van der Waals surface area contributed by atoms with E-state index in [4.69, 9.17) is 30.2 Å². The number of amides is 2. The van der Waals surface area contributed by atoms with Gasteiger partial charge in [0, 0.05) is 73.7 Å². The van der Waals surface area contributed by atoms with Crippen molar-refractivity contribution in [1.29, 1.82) is 5.26 Å². The second-order valence-electron chi connectivity index (χ2n) is 28.5. The average molecular weight is 1400 g/mol. The number of nitrogens with two attached hydrogens (primary N) is 1. The number of rotatable bonds is 13. The summed E-state index contributed by atoms with van der Waals surface area (Å²) in [7, 11) is 0. The topological polar surface area (TPSA) is 278 Å². The molecule has 0 atom stereocenters. The standard InChI is InChI=1S/C30H28N4O2.C30H29N3O4.C25H21N3O2.ClH/c1-29(2,3)36-28(35)34-30(15-7-16-30)22-12-10-21(11-13-22)27-23(20-8-5-4-6-9-20)18-24-25(33-27)14-17-32-26(24)19-31;1-29(2,3)37-28(36)33-30(15-7-16-30)21-12-10-20(11-13-21)25-22(19-8-5-4-6-9-19)18-23-24(32-25)14-17-31-26(23)27(34)35;26-25(12-4-13-25)18-9-7-17(8-10-18)22-19(16-5-2-1-3-6-16)15-20-21(28-22)11-14-27-23(20)24(29)30;/h4-6,8-14,17-18H,7,15-16H2,1-3H3,(H,34,35);4-6,8-14,17-18H,7,15-16H2,1-3H3,(H,33,36)(H,34,35);1-3,5-11,14-15H,4,12-13,26H2,(H,29,30);1H. The van der Waals surface area contributed by atoms with E-state index in [1.165, 1.54) is 18.8 Å². The zero-order chi connectivity index (χ0) is 72.3. The van der Waals surface area contributed by atoms with Crippen LogP contribution < -0.4 is 16.4 Å². The van der Waals surface area contributed by atoms with Crippen molar-refractivity contribution in [2.24, 2.45) is 5.73 Å². The van der Waals surface area contributed by atoms with E-state index in [0.29, 0.717) is 27.5 Å². The van der Waals surface area contributed by atoms with Crippen molar-refractivity contribution < 1.29 is 38.9 Å². The quantitative estimate of drug-likeness (QED) is 0.0717. The number of carboxylic acids is 2. The zero-order valence-corrected chi connectivity index (χ0v) is 59.4. The molecular formula is C85H79ClN10O8. The summed E-state index contributed by atoms with van der Waals surface area (Å²) in [6.45, 7) is 11.2. The number of carbonyl (C=O) groups excluding carboxylic acids is 2. The van der Waals surface area contributed by atoms with Crippen LogP contribution in [0.15, 0.2) is 219 Å². The number of carboxylic acid groups (broad SMARTS) is 2. The van der Waals surface area contributed by atoms with Crippen LogP contribution in [0.4, 0.5) is 9.59 Å². The van der Waals surface area contributed by atoms with Crippen LogP contribution in [0.5, 0.6) is 0 Å². The van der Waals surface area contributed by atoms with Crippen LogP contribution in [0.3, 0.4) is 0 Å². The van der Waals surface area contributed by atoms with Crippen molar-refractivity contribution in [3.63, 3.8) is 0 Å². The number of fused-ring (bicyclic) bond motifs is 3. The maximum Gasteiger partial charge on any atom is 0.408 e. The number of pyridine rings is 6. The van der Waals surface area contributed by atoms with Crippen LogP contribution in [0.25, 0.3) is 99.9 Å². The summed E-state index contributed by atoms with van der Waals surface area (Å²) in [6, 6.07) is 67.5. The van der Waals surface area contributed by atoms with E-state index in [2.05, 4.69) is 80.2 Å². The Hall–Kier alpha value is -11.8. The molecule has 3 saturated carbocycles. The SMILES string of the molecule is CC(C)(C)OC(=O)NC1(c2ccc(-c3nc4ccnc(C#N)c4cc3-c3ccccc3)cc2)CCC1.CC(C)(C)OC(=O)NC1(c2ccc(-c3nc4ccnc(C(=O)O)c4cc3-c3ccccc3)cc2)CCC1.Cl.NC1(c2ccc(-c3nc4ccnc(C(=O)O)c4cc3-c3ccccc3)cc2)CCC1. The Morgan fingerprint density at radius 3 is 1.05 bits per heavy atom. The number of halogens is 1. The normalized spacial score (nSPS) is 14.5. The smallest absolute Gasteiger partial charge is 0.408 e. The molecule has 104 heavy (non-hydrogen) atoms. The molecule has 524 valence electrons. The summed E-state index contributed by atoms with van der Waals surface area (Å²) in [5.74, 6) is -2.15. The lowest BCUT2D eigenvalue weighted by atomic mass is 9.71. The Morgan fingerprint density at radius 1 is 0.433 bits per heavy atom. The van der Waals surface area contributed by atoms with Gasteiger partial charge in [-0.1, -0.05) is 164 Å². The summed E-state index contributed by atoms with van der Waals surface area (Å²) in [5, 5.41) is 36.8. The Labute approximate surface area is 609 Å². The molecule has 6 heterocycles. The number of aromatic nitrogens is 6. The lowest BCUT2D eigenvalue weighted by Gasteiger charge is -2.43. The lowest BCUT2D eigenvalue weighted by Crippen LogP contribution is -2.52. The molecule has 3 aliphatic rings. The third-order valence-corrected chi connectivity index (χ3v) is 19.3. The third kappa shape index (κ3) is 15.4. The molecule has 6 aromatic carbocycles. The first kappa shape index (κ1) is 72.0. The van der Waals surface area contributed by atoms with Gasteiger partial charge in [0.1, 0.15) is 23.0 Å². The van der Waals surface area contributed by atoms with Gasteiger partial charge < -0.3 is 36.1 Å². The van der Waals surface area contributed by atoms with Crippen molar-refractivity contribution in [1.82, 2.24) is 40.5 Å². The van der Waals surface area contributed by atoms with E-state index < -0.39 is 46.4 Å². The molecule has 3 fully saturated rings. The van der Waals surface area contributed by atoms with Crippen LogP contribution in [0.1, 0.15) is 143 Å². The van der Waals surface area contributed by atoms with Crippen molar-refractivity contribution in [2.45, 2.75) is 127 Å². The minimum absolute atomic E-state index is 0. The second kappa shape index (κ2) is 29.7. The lowest BCUT2D eigenvalue weighted by molar-refractivity contribution is 0.0365. The molecule has 0 bridgehead atoms. The summed E-state index contributed by atoms with van der Waals surface area (Å²) < 4.78 is 11.0. The fourth-order valence-corrected chi connectivity index (χ4v) is 13.6. The number of carbonyl (C=O) groups is 4. The molecule has 19 heteroatoms. The Morgan fingerprint density at radius 2 is 0.750 bits per heavy atom. The highest BCUT2D eigenvalue weighted by Gasteiger charge is 2.43. The molecule has 0 spiro atoms. The Bertz CT molecular complexity index is 5230. The first-order valence-electron chi connectivity index (χ1n) is 34.5. The molecule has 18 nitrogen and oxygen atoms in total. The maximum atomic E-state index is 12.5. The van der Waals surface area contributed by atoms with Gasteiger partial charge in [-0.05, 0) is 169 Å². The summed E-state index contributed by atoms with van der Waals surface area (Å²) in [6.07, 6.45) is 12.5. The highest BCUT2D eigenvalue weighted by Crippen LogP contribution is 2.46. The predicted molar refractivity (Wildman–Crippen MR) is 407 cm³/mol. The zero-order valence-electron chi connectivity index (χ0n) is 58.6. The van der Waals surface area contributed by atoms with E-state index in [1.54, 1.807) is 18.3 Å². The predicted octanol–water partition coefficient (Wildman–Crippen LogP) is 18.7. The molecule has 0 saturated heterocycles. The van der Waals surface area contributed by atoms with Crippen LogP contribution in [-0.2, 0) is 26.1 Å². The maximum absolute atomic E-state index is 12.5. The molecule has 0 radical (unpaired) electrons. The number of alkyl carbamates (subject to hydrolysis) is 2. The minimum Gasteiger partial charge on any atom is -0.476 e. The molecule has 2 amide bonds. The monoisotopic (exact) mass is 1400 g/mol. The van der Waals surface area contributed by atoms with Crippen molar-refractivity contribution >= 4 is 69.2 Å². The molecule has 0 aliphatic heterocycles. The fourth-order valence-electron chi connectivity index (χ4n) is 13.6. The molecule has 6 aromatic heterocycles. The number of nitrogens with one attached hydrogen (secondary N) is 2. The number of benzene rings is 6. The largest absolute Gasteiger partial charge is 0.476 e. The van der Waals surface area contributed by atoms with Gasteiger partial charge in [0.2, 0.25) is 0 Å². The van der Waals surface area contributed by atoms with E-state index in [9.17, 15) is 34.7 Å². The van der Waals surface area contributed by atoms with E-state index in [1.807, 2.05) is 181 Å². The number of nitrogens with zero attached hydrogens (tertiary/aromatic N) is 7.